The molecule has 0 radical (unpaired) electrons. The summed E-state index contributed by atoms with van der Waals surface area (Å²) in [5.74, 6) is 0. The molecule has 0 bridgehead atoms. The van der Waals surface area contributed by atoms with E-state index < -0.39 is 0 Å². The topological polar surface area (TPSA) is 0 Å². The van der Waals surface area contributed by atoms with E-state index in [0.717, 1.165) is 4.47 Å². The second-order valence-corrected chi connectivity index (χ2v) is 3.17. The smallest absolute Gasteiger partial charge is 0.0250 e. The van der Waals surface area contributed by atoms with Gasteiger partial charge in [-0.3, -0.25) is 0 Å². The molecule has 0 aliphatic heterocycles. The van der Waals surface area contributed by atoms with Crippen molar-refractivity contribution in [1.29, 1.82) is 0 Å². The largest absolute Gasteiger partial charge is 0.0798 e. The van der Waals surface area contributed by atoms with E-state index in [1.54, 1.807) is 0 Å². The lowest BCUT2D eigenvalue weighted by molar-refractivity contribution is 1.45. The van der Waals surface area contributed by atoms with Gasteiger partial charge in [0.1, 0.15) is 0 Å². The molecule has 0 heterocycles. The molecule has 0 aliphatic carbocycles. The Kier molecular flexibility index (Phi) is 2.89. The summed E-state index contributed by atoms with van der Waals surface area (Å²) in [6.07, 6.45) is 4.22. The zero-order valence-electron chi connectivity index (χ0n) is 6.76. The third-order valence-corrected chi connectivity index (χ3v) is 2.38. The van der Waals surface area contributed by atoms with Crippen LogP contribution < -0.4 is 10.4 Å². The van der Waals surface area contributed by atoms with Crippen molar-refractivity contribution in [2.24, 2.45) is 0 Å². The molecule has 0 atom stereocenters. The third kappa shape index (κ3) is 1.72. The molecule has 0 saturated heterocycles. The van der Waals surface area contributed by atoms with Crippen LogP contribution in [0.15, 0.2) is 22.7 Å². The van der Waals surface area contributed by atoms with Gasteiger partial charge in [0.05, 0.1) is 0 Å². The lowest BCUT2D eigenvalue weighted by atomic mass is 10.2. The van der Waals surface area contributed by atoms with Crippen LogP contribution in [-0.4, -0.2) is 0 Å². The molecule has 0 saturated carbocycles. The van der Waals surface area contributed by atoms with Gasteiger partial charge in [0.25, 0.3) is 0 Å². The molecule has 0 N–H and O–H groups in total. The molecule has 1 aromatic rings. The lowest BCUT2D eigenvalue weighted by Crippen LogP contribution is -2.24. The van der Waals surface area contributed by atoms with Crippen LogP contribution >= 0.6 is 15.9 Å². The first kappa shape index (κ1) is 8.54. The number of halogens is 1. The minimum Gasteiger partial charge on any atom is -0.0798 e. The highest BCUT2D eigenvalue weighted by atomic mass is 79.9. The van der Waals surface area contributed by atoms with E-state index in [1.807, 2.05) is 13.0 Å². The molecule has 0 aromatic heterocycles. The highest BCUT2D eigenvalue weighted by Crippen LogP contribution is 1.97. The van der Waals surface area contributed by atoms with E-state index in [4.69, 9.17) is 0 Å². The van der Waals surface area contributed by atoms with Gasteiger partial charge < -0.3 is 0 Å². The SMILES string of the molecule is C/C=c1/cccc(Br)/c1=C/C. The number of hydrogen-bond donors (Lipinski definition) is 0. The first-order valence-corrected chi connectivity index (χ1v) is 4.46. The Morgan fingerprint density at radius 3 is 2.36 bits per heavy atom. The standard InChI is InChI=1S/C10H11Br/c1-3-8-6-5-7-10(11)9(8)4-2/h3-7H,1-2H3/b8-3-,9-4+. The highest BCUT2D eigenvalue weighted by molar-refractivity contribution is 9.10. The van der Waals surface area contributed by atoms with Crippen LogP contribution in [0.25, 0.3) is 12.2 Å². The molecule has 0 amide bonds. The maximum absolute atomic E-state index is 3.50. The quantitative estimate of drug-likeness (QED) is 0.616. The molecule has 1 aromatic carbocycles. The van der Waals surface area contributed by atoms with Crippen LogP contribution in [0.1, 0.15) is 13.8 Å². The van der Waals surface area contributed by atoms with E-state index in [2.05, 4.69) is 47.1 Å². The first-order valence-electron chi connectivity index (χ1n) is 3.67. The molecule has 0 aliphatic rings. The Balaban J connectivity index is 3.65. The molecule has 0 fully saturated rings. The maximum Gasteiger partial charge on any atom is 0.0250 e. The summed E-state index contributed by atoms with van der Waals surface area (Å²) in [5.41, 5.74) is 0. The summed E-state index contributed by atoms with van der Waals surface area (Å²) in [7, 11) is 0. The van der Waals surface area contributed by atoms with Gasteiger partial charge in [-0.2, -0.15) is 0 Å². The van der Waals surface area contributed by atoms with E-state index in [-0.39, 0.29) is 0 Å². The van der Waals surface area contributed by atoms with E-state index >= 15 is 0 Å². The normalized spacial score (nSPS) is 14.1. The fraction of sp³-hybridized carbons (Fsp3) is 0.200. The minimum absolute atomic E-state index is 1.16. The molecule has 0 spiro atoms. The van der Waals surface area contributed by atoms with Crippen LogP contribution in [0.5, 0.6) is 0 Å². The number of rotatable bonds is 0. The Morgan fingerprint density at radius 1 is 1.18 bits per heavy atom. The molecule has 1 rings (SSSR count). The summed E-state index contributed by atoms with van der Waals surface area (Å²) < 4.78 is 1.16. The second-order valence-electron chi connectivity index (χ2n) is 2.32. The molecule has 11 heavy (non-hydrogen) atoms. The van der Waals surface area contributed by atoms with Gasteiger partial charge in [-0.25, -0.2) is 0 Å². The van der Waals surface area contributed by atoms with E-state index in [9.17, 15) is 0 Å². The summed E-state index contributed by atoms with van der Waals surface area (Å²) in [6, 6.07) is 6.22. The van der Waals surface area contributed by atoms with Crippen molar-refractivity contribution in [2.75, 3.05) is 0 Å². The summed E-state index contributed by atoms with van der Waals surface area (Å²) >= 11 is 3.50. The second kappa shape index (κ2) is 3.72. The van der Waals surface area contributed by atoms with Gasteiger partial charge in [0.15, 0.2) is 0 Å². The Labute approximate surface area is 75.4 Å². The molecule has 1 heteroatoms. The summed E-state index contributed by atoms with van der Waals surface area (Å²) in [5, 5.41) is 2.55. The summed E-state index contributed by atoms with van der Waals surface area (Å²) in [6.45, 7) is 4.10. The number of benzene rings is 1. The fourth-order valence-corrected chi connectivity index (χ4v) is 1.72. The Bertz CT molecular complexity index is 350. The van der Waals surface area contributed by atoms with Gasteiger partial charge >= 0.3 is 0 Å². The van der Waals surface area contributed by atoms with Crippen molar-refractivity contribution in [3.05, 3.63) is 33.1 Å². The van der Waals surface area contributed by atoms with Crippen LogP contribution in [0.3, 0.4) is 0 Å². The third-order valence-electron chi connectivity index (χ3n) is 1.69. The van der Waals surface area contributed by atoms with Gasteiger partial charge in [-0.15, -0.1) is 0 Å². The van der Waals surface area contributed by atoms with E-state index in [0.29, 0.717) is 0 Å². The predicted molar refractivity (Wildman–Crippen MR) is 53.7 cm³/mol. The van der Waals surface area contributed by atoms with Crippen LogP contribution in [0.4, 0.5) is 0 Å². The zero-order chi connectivity index (χ0) is 8.27. The van der Waals surface area contributed by atoms with Crippen molar-refractivity contribution in [3.63, 3.8) is 0 Å². The van der Waals surface area contributed by atoms with Crippen molar-refractivity contribution < 1.29 is 0 Å². The van der Waals surface area contributed by atoms with E-state index in [1.165, 1.54) is 10.4 Å². The zero-order valence-corrected chi connectivity index (χ0v) is 8.35. The van der Waals surface area contributed by atoms with Gasteiger partial charge in [-0.1, -0.05) is 40.2 Å². The van der Waals surface area contributed by atoms with Crippen molar-refractivity contribution in [3.8, 4) is 0 Å². The Hall–Kier alpha value is -0.560. The van der Waals surface area contributed by atoms with Gasteiger partial charge in [0, 0.05) is 4.47 Å². The van der Waals surface area contributed by atoms with Crippen molar-refractivity contribution in [1.82, 2.24) is 0 Å². The molecule has 0 unspecified atom stereocenters. The first-order chi connectivity index (χ1) is 5.29. The average molecular weight is 211 g/mol. The van der Waals surface area contributed by atoms with Crippen LogP contribution in [-0.2, 0) is 0 Å². The lowest BCUT2D eigenvalue weighted by Gasteiger charge is -1.92. The van der Waals surface area contributed by atoms with Crippen molar-refractivity contribution >= 4 is 28.1 Å². The predicted octanol–water partition coefficient (Wildman–Crippen LogP) is 2.05. The molecular formula is C10H11Br. The maximum atomic E-state index is 3.50. The molecular weight excluding hydrogens is 200 g/mol. The van der Waals surface area contributed by atoms with Crippen molar-refractivity contribution in [2.45, 2.75) is 13.8 Å². The average Bonchev–Trinajstić information content (AvgIpc) is 2.04. The molecule has 58 valence electrons. The van der Waals surface area contributed by atoms with Gasteiger partial charge in [0.2, 0.25) is 0 Å². The van der Waals surface area contributed by atoms with Crippen LogP contribution in [0, 0.1) is 0 Å². The monoisotopic (exact) mass is 210 g/mol. The molecule has 0 nitrogen and oxygen atoms in total. The Morgan fingerprint density at radius 2 is 1.91 bits per heavy atom. The number of hydrogen-bond acceptors (Lipinski definition) is 0. The minimum atomic E-state index is 1.16. The highest BCUT2D eigenvalue weighted by Gasteiger charge is 1.87. The van der Waals surface area contributed by atoms with Gasteiger partial charge in [-0.05, 0) is 30.4 Å². The fourth-order valence-electron chi connectivity index (χ4n) is 1.11. The summed E-state index contributed by atoms with van der Waals surface area (Å²) in [4.78, 5) is 0. The van der Waals surface area contributed by atoms with Crippen LogP contribution in [0.2, 0.25) is 0 Å².